The van der Waals surface area contributed by atoms with E-state index in [-0.39, 0.29) is 22.6 Å². The highest BCUT2D eigenvalue weighted by atomic mass is 32.2. The van der Waals surface area contributed by atoms with Gasteiger partial charge in [0, 0.05) is 16.9 Å². The molecule has 7 nitrogen and oxygen atoms in total. The number of rotatable bonds is 5. The summed E-state index contributed by atoms with van der Waals surface area (Å²) in [7, 11) is 0. The zero-order chi connectivity index (χ0) is 19.4. The molecular weight excluding hydrogens is 369 g/mol. The van der Waals surface area contributed by atoms with Gasteiger partial charge in [-0.3, -0.25) is 14.6 Å². The summed E-state index contributed by atoms with van der Waals surface area (Å²) in [5.41, 5.74) is 6.91. The minimum Gasteiger partial charge on any atom is -0.398 e. The van der Waals surface area contributed by atoms with Gasteiger partial charge in [0.25, 0.3) is 5.56 Å². The van der Waals surface area contributed by atoms with E-state index >= 15 is 0 Å². The minimum atomic E-state index is -0.562. The lowest BCUT2D eigenvalue weighted by Gasteiger charge is -2.11. The molecule has 0 bridgehead atoms. The van der Waals surface area contributed by atoms with E-state index in [1.165, 1.54) is 24.3 Å². The van der Waals surface area contributed by atoms with E-state index in [2.05, 4.69) is 20.5 Å². The Labute approximate surface area is 158 Å². The van der Waals surface area contributed by atoms with Gasteiger partial charge < -0.3 is 11.1 Å². The first-order chi connectivity index (χ1) is 12.9. The Morgan fingerprint density at radius 3 is 2.56 bits per heavy atom. The third-order valence-electron chi connectivity index (χ3n) is 3.66. The van der Waals surface area contributed by atoms with E-state index < -0.39 is 10.8 Å². The fourth-order valence-electron chi connectivity index (χ4n) is 2.26. The Balaban J connectivity index is 1.71. The lowest BCUT2D eigenvalue weighted by molar-refractivity contribution is -0.115. The number of nitrogens with two attached hydrogens (primary N) is 1. The molecule has 0 saturated carbocycles. The Bertz CT molecular complexity index is 1020. The van der Waals surface area contributed by atoms with Crippen LogP contribution >= 0.6 is 11.8 Å². The summed E-state index contributed by atoms with van der Waals surface area (Å²) in [6.45, 7) is 1.66. The summed E-state index contributed by atoms with van der Waals surface area (Å²) in [4.78, 5) is 27.1. The molecule has 2 aromatic carbocycles. The second kappa shape index (κ2) is 8.00. The fraction of sp³-hybridized carbons (Fsp3) is 0.111. The maximum atomic E-state index is 12.9. The van der Waals surface area contributed by atoms with E-state index in [1.54, 1.807) is 31.2 Å². The summed E-state index contributed by atoms with van der Waals surface area (Å²) >= 11 is 1.05. The van der Waals surface area contributed by atoms with Gasteiger partial charge in [0.15, 0.2) is 10.9 Å². The number of aromatic nitrogens is 3. The number of H-pyrrole nitrogens is 1. The van der Waals surface area contributed by atoms with Crippen LogP contribution in [-0.4, -0.2) is 26.3 Å². The fourth-order valence-corrected chi connectivity index (χ4v) is 3.00. The number of nitrogen functional groups attached to an aromatic ring is 1. The first kappa shape index (κ1) is 18.6. The molecule has 0 unspecified atom stereocenters. The molecular formula is C18H16FN5O2S. The van der Waals surface area contributed by atoms with Crippen LogP contribution in [0.4, 0.5) is 15.8 Å². The highest BCUT2D eigenvalue weighted by Gasteiger charge is 2.18. The predicted octanol–water partition coefficient (Wildman–Crippen LogP) is 2.67. The Morgan fingerprint density at radius 2 is 1.89 bits per heavy atom. The van der Waals surface area contributed by atoms with Crippen LogP contribution in [0.3, 0.4) is 0 Å². The summed E-state index contributed by atoms with van der Waals surface area (Å²) in [5, 5.41) is 10.2. The number of hydrogen-bond acceptors (Lipinski definition) is 6. The average Bonchev–Trinajstić information content (AvgIpc) is 2.64. The Kier molecular flexibility index (Phi) is 5.51. The largest absolute Gasteiger partial charge is 0.398 e. The number of hydrogen-bond donors (Lipinski definition) is 3. The highest BCUT2D eigenvalue weighted by Crippen LogP contribution is 2.22. The zero-order valence-corrected chi connectivity index (χ0v) is 15.1. The van der Waals surface area contributed by atoms with Crippen LogP contribution < -0.4 is 16.6 Å². The number of nitrogens with zero attached hydrogens (tertiary/aromatic N) is 2. The topological polar surface area (TPSA) is 114 Å². The van der Waals surface area contributed by atoms with E-state index in [0.29, 0.717) is 16.9 Å². The summed E-state index contributed by atoms with van der Waals surface area (Å²) in [5.74, 6) is -0.701. The van der Waals surface area contributed by atoms with Gasteiger partial charge in [-0.1, -0.05) is 30.0 Å². The van der Waals surface area contributed by atoms with Crippen molar-refractivity contribution in [2.75, 3.05) is 11.1 Å². The van der Waals surface area contributed by atoms with Gasteiger partial charge in [-0.2, -0.15) is 0 Å². The number of para-hydroxylation sites is 1. The highest BCUT2D eigenvalue weighted by molar-refractivity contribution is 8.00. The molecule has 0 radical (unpaired) electrons. The summed E-state index contributed by atoms with van der Waals surface area (Å²) in [6.07, 6.45) is 0. The maximum absolute atomic E-state index is 12.9. The maximum Gasteiger partial charge on any atom is 0.278 e. The molecule has 3 rings (SSSR count). The number of thioether (sulfide) groups is 1. The Morgan fingerprint density at radius 1 is 1.19 bits per heavy atom. The van der Waals surface area contributed by atoms with Crippen molar-refractivity contribution in [2.45, 2.75) is 17.3 Å². The van der Waals surface area contributed by atoms with Crippen molar-refractivity contribution >= 4 is 29.0 Å². The van der Waals surface area contributed by atoms with Gasteiger partial charge >= 0.3 is 0 Å². The number of anilines is 2. The van der Waals surface area contributed by atoms with Gasteiger partial charge in [0.2, 0.25) is 5.91 Å². The molecule has 0 aliphatic heterocycles. The minimum absolute atomic E-state index is 0.112. The van der Waals surface area contributed by atoms with Gasteiger partial charge in [-0.15, -0.1) is 10.2 Å². The molecule has 0 fully saturated rings. The van der Waals surface area contributed by atoms with Crippen LogP contribution in [0.25, 0.3) is 11.3 Å². The monoisotopic (exact) mass is 385 g/mol. The molecule has 0 aliphatic carbocycles. The van der Waals surface area contributed by atoms with Crippen molar-refractivity contribution in [3.63, 3.8) is 0 Å². The third kappa shape index (κ3) is 4.50. The van der Waals surface area contributed by atoms with Crippen molar-refractivity contribution in [3.05, 3.63) is 64.7 Å². The molecule has 1 amide bonds. The number of halogens is 1. The van der Waals surface area contributed by atoms with Gasteiger partial charge in [-0.05, 0) is 37.3 Å². The molecule has 0 saturated heterocycles. The first-order valence-corrected chi connectivity index (χ1v) is 8.87. The smallest absolute Gasteiger partial charge is 0.278 e. The number of aromatic amines is 1. The zero-order valence-electron chi connectivity index (χ0n) is 14.3. The van der Waals surface area contributed by atoms with Crippen LogP contribution in [0.5, 0.6) is 0 Å². The normalized spacial score (nSPS) is 11.8. The SMILES string of the molecule is C[C@H](Sc1nnc(-c2ccccc2N)c(=O)[nH]1)C(=O)Nc1ccc(F)cc1. The van der Waals surface area contributed by atoms with Crippen molar-refractivity contribution in [1.82, 2.24) is 15.2 Å². The van der Waals surface area contributed by atoms with Crippen LogP contribution in [-0.2, 0) is 4.79 Å². The van der Waals surface area contributed by atoms with Gasteiger partial charge in [0.05, 0.1) is 5.25 Å². The molecule has 4 N–H and O–H groups in total. The molecule has 0 spiro atoms. The summed E-state index contributed by atoms with van der Waals surface area (Å²) in [6, 6.07) is 12.3. The summed E-state index contributed by atoms with van der Waals surface area (Å²) < 4.78 is 12.9. The van der Waals surface area contributed by atoms with Crippen LogP contribution in [0.2, 0.25) is 0 Å². The van der Waals surface area contributed by atoms with Crippen molar-refractivity contribution in [2.24, 2.45) is 0 Å². The molecule has 9 heteroatoms. The second-order valence-corrected chi connectivity index (χ2v) is 6.98. The van der Waals surface area contributed by atoms with Crippen LogP contribution in [0.1, 0.15) is 6.92 Å². The number of carbonyl (C=O) groups excluding carboxylic acids is 1. The predicted molar refractivity (Wildman–Crippen MR) is 103 cm³/mol. The van der Waals surface area contributed by atoms with E-state index in [0.717, 1.165) is 11.8 Å². The lowest BCUT2D eigenvalue weighted by atomic mass is 10.1. The molecule has 138 valence electrons. The molecule has 1 atom stereocenters. The second-order valence-electron chi connectivity index (χ2n) is 5.65. The van der Waals surface area contributed by atoms with Crippen molar-refractivity contribution in [1.29, 1.82) is 0 Å². The standard InChI is InChI=1S/C18H16FN5O2S/c1-10(16(25)21-12-8-6-11(19)7-9-12)27-18-22-17(26)15(23-24-18)13-4-2-3-5-14(13)20/h2-10H,20H2,1H3,(H,21,25)(H,22,24,26)/t10-/m0/s1. The number of benzene rings is 2. The van der Waals surface area contributed by atoms with E-state index in [1.807, 2.05) is 0 Å². The van der Waals surface area contributed by atoms with Gasteiger partial charge in [0.1, 0.15) is 5.82 Å². The molecule has 27 heavy (non-hydrogen) atoms. The van der Waals surface area contributed by atoms with E-state index in [9.17, 15) is 14.0 Å². The van der Waals surface area contributed by atoms with E-state index in [4.69, 9.17) is 5.73 Å². The number of carbonyl (C=O) groups is 1. The molecule has 3 aromatic rings. The quantitative estimate of drug-likeness (QED) is 0.460. The van der Waals surface area contributed by atoms with Gasteiger partial charge in [-0.25, -0.2) is 4.39 Å². The van der Waals surface area contributed by atoms with Crippen LogP contribution in [0, 0.1) is 5.82 Å². The number of amides is 1. The Hall–Kier alpha value is -3.20. The molecule has 1 heterocycles. The average molecular weight is 385 g/mol. The van der Waals surface area contributed by atoms with Crippen molar-refractivity contribution in [3.8, 4) is 11.3 Å². The molecule has 0 aliphatic rings. The molecule has 1 aromatic heterocycles. The number of nitrogens with one attached hydrogen (secondary N) is 2. The van der Waals surface area contributed by atoms with Crippen LogP contribution in [0.15, 0.2) is 58.5 Å². The van der Waals surface area contributed by atoms with Crippen molar-refractivity contribution < 1.29 is 9.18 Å². The lowest BCUT2D eigenvalue weighted by Crippen LogP contribution is -2.23. The third-order valence-corrected chi connectivity index (χ3v) is 4.64. The first-order valence-electron chi connectivity index (χ1n) is 7.99.